The second kappa shape index (κ2) is 30.4. The number of nitrogens with two attached hydrogens (primary N) is 1. The third-order valence-electron chi connectivity index (χ3n) is 18.0. The fourth-order valence-electron chi connectivity index (χ4n) is 12.1. The lowest BCUT2D eigenvalue weighted by atomic mass is 9.85. The number of rotatable bonds is 20. The number of hydrogen-bond donors (Lipinski definition) is 8. The zero-order chi connectivity index (χ0) is 73.2. The molecule has 2 aliphatic heterocycles. The Labute approximate surface area is 586 Å². The number of carbonyl (C=O) groups is 9. The van der Waals surface area contributed by atoms with E-state index in [1.165, 1.54) is 22.0 Å². The van der Waals surface area contributed by atoms with E-state index in [1.54, 1.807) is 102 Å². The van der Waals surface area contributed by atoms with Crippen molar-refractivity contribution in [2.24, 2.45) is 28.4 Å². The summed E-state index contributed by atoms with van der Waals surface area (Å²) in [5.41, 5.74) is 3.49. The first-order valence-corrected chi connectivity index (χ1v) is 36.4. The fourth-order valence-corrected chi connectivity index (χ4v) is 14.9. The van der Waals surface area contributed by atoms with E-state index in [0.717, 1.165) is 33.7 Å². The minimum atomic E-state index is -3.87. The van der Waals surface area contributed by atoms with E-state index in [4.69, 9.17) is 15.2 Å². The number of ether oxygens (including phenoxy) is 2. The van der Waals surface area contributed by atoms with E-state index in [9.17, 15) is 60.0 Å². The van der Waals surface area contributed by atoms with Gasteiger partial charge in [-0.05, 0) is 134 Å². The summed E-state index contributed by atoms with van der Waals surface area (Å²) in [6, 6.07) is 14.0. The molecule has 2 aromatic carbocycles. The number of alkyl carbamates (subject to hydrolysis) is 2. The van der Waals surface area contributed by atoms with Crippen molar-refractivity contribution in [2.45, 2.75) is 217 Å². The Hall–Kier alpha value is -8.41. The summed E-state index contributed by atoms with van der Waals surface area (Å²) in [6.45, 7) is 29.1. The van der Waals surface area contributed by atoms with Crippen LogP contribution in [-0.4, -0.2) is 173 Å². The van der Waals surface area contributed by atoms with Crippen LogP contribution >= 0.6 is 0 Å². The first-order valence-electron chi connectivity index (χ1n) is 33.3. The number of pyridine rings is 2. The molecule has 27 nitrogen and oxygen atoms in total. The van der Waals surface area contributed by atoms with Gasteiger partial charge in [-0.2, -0.15) is 0 Å². The minimum Gasteiger partial charge on any atom is -0.444 e. The van der Waals surface area contributed by atoms with Crippen molar-refractivity contribution in [3.63, 3.8) is 0 Å². The normalized spacial score (nSPS) is 23.9. The molecule has 4 unspecified atom stereocenters. The molecule has 0 radical (unpaired) electrons. The summed E-state index contributed by atoms with van der Waals surface area (Å²) >= 11 is 0. The standard InChI is InChI=1S/C35H48N6O7S.C25H41N5O7S.C10H7NO.CH4/c1-8-22-18-35(22,31(44)40-49(46,47)24-13-14-24)39-29(42)27-17-23(37-19-21-15-16-36-26-12-10-9-11-25(21)26)20-41(27)30(43)28(33(2,3)4)38-32(45)48-34(5,6)7;1-8-14-12-25(14,21(33)29-38(35,36)16-9-10-16)28-19(31)17-11-15(26)13-30(17)20(32)18(23(2,3)4)27-22(34)37-24(5,6)7;12-7-8-5-6-11-10-4-2-1-3-9(8)10;/h8-12,15-16,22-24,27-28,37H,1,13-14,17-20H2,2-7H3,(H,38,45)(H,39,42)(H,40,44);8,14-18H,1,9-13,26H2,2-7H3,(H,27,34)(H,28,31)(H,29,33);1-7H;1H4/t22?,23-,27+,28-,35?;14?,15-,17+,18-,25?;;/m11../s1. The maximum absolute atomic E-state index is 14.4. The third kappa shape index (κ3) is 19.4. The summed E-state index contributed by atoms with van der Waals surface area (Å²) in [6.07, 6.45) is 8.33. The van der Waals surface area contributed by atoms with Gasteiger partial charge in [-0.3, -0.25) is 53.0 Å². The summed E-state index contributed by atoms with van der Waals surface area (Å²) in [4.78, 5) is 129. The van der Waals surface area contributed by atoms with Gasteiger partial charge in [-0.15, -0.1) is 13.2 Å². The monoisotopic (exact) mass is 1420 g/mol. The maximum atomic E-state index is 14.4. The van der Waals surface area contributed by atoms with Gasteiger partial charge in [0.15, 0.2) is 6.29 Å². The zero-order valence-corrected chi connectivity index (χ0v) is 60.1. The van der Waals surface area contributed by atoms with Crippen LogP contribution in [0.5, 0.6) is 0 Å². The van der Waals surface area contributed by atoms with Crippen LogP contribution in [0.2, 0.25) is 0 Å². The number of benzene rings is 2. The number of aromatic nitrogens is 2. The number of sulfonamides is 2. The van der Waals surface area contributed by atoms with Gasteiger partial charge in [0.05, 0.1) is 21.5 Å². The molecule has 6 fully saturated rings. The van der Waals surface area contributed by atoms with Crippen molar-refractivity contribution in [2.75, 3.05) is 13.1 Å². The van der Waals surface area contributed by atoms with E-state index in [0.29, 0.717) is 37.8 Å². The molecule has 0 spiro atoms. The van der Waals surface area contributed by atoms with Gasteiger partial charge < -0.3 is 51.6 Å². The number of aldehydes is 1. The SMILES string of the molecule is C.C=CC1CC1(NC(=O)[C@@H]1C[C@@H](N)CN1C(=O)[C@@H](NC(=O)OC(C)(C)C)C(C)(C)C)C(=O)NS(=O)(=O)C1CC1.C=CC1CC1(NC(=O)[C@@H]1C[C@@H](NCc2ccnc3ccccc23)CN1C(=O)[C@@H](NC(=O)OC(C)(C)C)C(C)(C)C)C(=O)NS(=O)(=O)C1CC1.O=Cc1ccnc2ccccc12. The fraction of sp³-hybridized carbons (Fsp3) is 0.563. The number of nitrogens with zero attached hydrogens (tertiary/aromatic N) is 4. The van der Waals surface area contributed by atoms with Gasteiger partial charge in [-0.25, -0.2) is 26.4 Å². The topological polar surface area (TPSA) is 383 Å². The van der Waals surface area contributed by atoms with Crippen molar-refractivity contribution < 1.29 is 69.5 Å². The third-order valence-corrected chi connectivity index (χ3v) is 21.6. The molecular formula is C71H100N12O15S2. The second-order valence-electron chi connectivity index (χ2n) is 30.6. The van der Waals surface area contributed by atoms with Gasteiger partial charge in [-0.1, -0.05) is 97.5 Å². The van der Waals surface area contributed by atoms with Crippen LogP contribution in [0.15, 0.2) is 98.4 Å². The molecule has 10 atom stereocenters. The molecule has 0 bridgehead atoms. The Morgan fingerprint density at radius 1 is 0.610 bits per heavy atom. The average molecular weight is 1430 g/mol. The molecular weight excluding hydrogens is 1320 g/mol. The highest BCUT2D eigenvalue weighted by Crippen LogP contribution is 2.47. The highest BCUT2D eigenvalue weighted by atomic mass is 32.2. The lowest BCUT2D eigenvalue weighted by molar-refractivity contribution is -0.143. The first kappa shape index (κ1) is 78.9. The summed E-state index contributed by atoms with van der Waals surface area (Å²) in [5.74, 6) is -4.79. The van der Waals surface area contributed by atoms with Crippen molar-refractivity contribution in [1.29, 1.82) is 0 Å². The minimum absolute atomic E-state index is 0. The van der Waals surface area contributed by atoms with Crippen LogP contribution in [-0.2, 0) is 64.8 Å². The molecule has 4 aliphatic carbocycles. The number of nitrogens with one attached hydrogen (secondary N) is 7. The molecule has 4 heterocycles. The van der Waals surface area contributed by atoms with E-state index < -0.39 is 153 Å². The molecule has 2 aromatic heterocycles. The molecule has 29 heteroatoms. The molecule has 4 saturated carbocycles. The number of fused-ring (bicyclic) bond motifs is 2. The molecule has 546 valence electrons. The molecule has 2 saturated heterocycles. The van der Waals surface area contributed by atoms with Crippen molar-refractivity contribution in [1.82, 2.24) is 55.8 Å². The Morgan fingerprint density at radius 2 is 1.02 bits per heavy atom. The Kier molecular flexibility index (Phi) is 24.0. The van der Waals surface area contributed by atoms with E-state index in [1.807, 2.05) is 54.6 Å². The molecule has 8 amide bonds. The van der Waals surface area contributed by atoms with Crippen LogP contribution in [0.25, 0.3) is 21.8 Å². The lowest BCUT2D eigenvalue weighted by Gasteiger charge is -2.36. The number of para-hydroxylation sites is 2. The van der Waals surface area contributed by atoms with Crippen molar-refractivity contribution in [3.8, 4) is 0 Å². The van der Waals surface area contributed by atoms with Gasteiger partial charge >= 0.3 is 12.2 Å². The Morgan fingerprint density at radius 3 is 1.43 bits per heavy atom. The molecule has 9 N–H and O–H groups in total. The molecule has 10 rings (SSSR count). The summed E-state index contributed by atoms with van der Waals surface area (Å²) in [7, 11) is -7.69. The number of likely N-dealkylation sites (tertiary alicyclic amines) is 2. The van der Waals surface area contributed by atoms with E-state index in [2.05, 4.69) is 59.2 Å². The Balaban J connectivity index is 0.000000243. The van der Waals surface area contributed by atoms with E-state index in [-0.39, 0.29) is 52.2 Å². The lowest BCUT2D eigenvalue weighted by Crippen LogP contribution is -2.60. The molecule has 4 aromatic rings. The summed E-state index contributed by atoms with van der Waals surface area (Å²) in [5, 5.41) is 15.0. The molecule has 100 heavy (non-hydrogen) atoms. The predicted molar refractivity (Wildman–Crippen MR) is 378 cm³/mol. The number of amides is 8. The second-order valence-corrected chi connectivity index (χ2v) is 34.5. The van der Waals surface area contributed by atoms with Crippen LogP contribution < -0.4 is 41.8 Å². The van der Waals surface area contributed by atoms with Crippen molar-refractivity contribution in [3.05, 3.63) is 109 Å². The van der Waals surface area contributed by atoms with Crippen LogP contribution in [0.3, 0.4) is 0 Å². The predicted octanol–water partition coefficient (Wildman–Crippen LogP) is 6.11. The van der Waals surface area contributed by atoms with Gasteiger partial charge in [0.2, 0.25) is 43.7 Å². The maximum Gasteiger partial charge on any atom is 0.408 e. The largest absolute Gasteiger partial charge is 0.444 e. The van der Waals surface area contributed by atoms with Crippen LogP contribution in [0, 0.1) is 22.7 Å². The van der Waals surface area contributed by atoms with Gasteiger partial charge in [0.25, 0.3) is 11.8 Å². The van der Waals surface area contributed by atoms with Crippen molar-refractivity contribution >= 4 is 95.8 Å². The average Bonchev–Trinajstić information content (AvgIpc) is 1.58. The highest BCUT2D eigenvalue weighted by molar-refractivity contribution is 7.91. The smallest absolute Gasteiger partial charge is 0.408 e. The number of hydrogen-bond acceptors (Lipinski definition) is 19. The summed E-state index contributed by atoms with van der Waals surface area (Å²) < 4.78 is 65.0. The van der Waals surface area contributed by atoms with Gasteiger partial charge in [0.1, 0.15) is 46.4 Å². The quantitative estimate of drug-likeness (QED) is 0.0365. The molecule has 6 aliphatic rings. The first-order chi connectivity index (χ1) is 46.1. The number of carbonyl (C=O) groups excluding carboxylic acids is 9. The van der Waals surface area contributed by atoms with Crippen LogP contribution in [0.4, 0.5) is 9.59 Å². The van der Waals surface area contributed by atoms with Gasteiger partial charge in [0, 0.05) is 72.3 Å². The highest BCUT2D eigenvalue weighted by Gasteiger charge is 2.63. The van der Waals surface area contributed by atoms with E-state index >= 15 is 0 Å². The Bertz CT molecular complexity index is 4010. The van der Waals surface area contributed by atoms with Crippen LogP contribution in [0.1, 0.15) is 158 Å². The zero-order valence-electron chi connectivity index (χ0n) is 58.4.